The number of ether oxygens (including phenoxy) is 1. The van der Waals surface area contributed by atoms with Gasteiger partial charge in [0, 0.05) is 17.5 Å². The SMILES string of the molecule is NS(=O)(=O)c1ccc(CC(=O)c2ccc(-c3ccccc3OC(F)(F)F)c(CO)c2)cc1. The van der Waals surface area contributed by atoms with Gasteiger partial charge >= 0.3 is 6.36 Å². The van der Waals surface area contributed by atoms with Crippen molar-refractivity contribution in [3.05, 3.63) is 83.4 Å². The van der Waals surface area contributed by atoms with Crippen molar-refractivity contribution >= 4 is 15.8 Å². The molecule has 6 nitrogen and oxygen atoms in total. The van der Waals surface area contributed by atoms with Gasteiger partial charge < -0.3 is 9.84 Å². The number of ketones is 1. The number of carbonyl (C=O) groups is 1. The summed E-state index contributed by atoms with van der Waals surface area (Å²) in [7, 11) is -3.85. The molecule has 0 aromatic heterocycles. The number of rotatable bonds is 7. The molecule has 32 heavy (non-hydrogen) atoms. The minimum Gasteiger partial charge on any atom is -0.405 e. The molecule has 0 bridgehead atoms. The number of sulfonamides is 1. The Morgan fingerprint density at radius 1 is 0.969 bits per heavy atom. The summed E-state index contributed by atoms with van der Waals surface area (Å²) in [5, 5.41) is 14.8. The van der Waals surface area contributed by atoms with Crippen LogP contribution in [0.3, 0.4) is 0 Å². The molecule has 3 N–H and O–H groups in total. The maximum absolute atomic E-state index is 12.7. The van der Waals surface area contributed by atoms with E-state index in [9.17, 15) is 31.5 Å². The number of alkyl halides is 3. The first-order valence-electron chi connectivity index (χ1n) is 9.22. The van der Waals surface area contributed by atoms with Crippen LogP contribution in [-0.4, -0.2) is 25.7 Å². The van der Waals surface area contributed by atoms with Crippen LogP contribution in [0.1, 0.15) is 21.5 Å². The van der Waals surface area contributed by atoms with Crippen LogP contribution in [-0.2, 0) is 23.1 Å². The average molecular weight is 465 g/mol. The molecule has 0 aliphatic carbocycles. The molecule has 0 amide bonds. The van der Waals surface area contributed by atoms with Crippen molar-refractivity contribution in [2.45, 2.75) is 24.3 Å². The Kier molecular flexibility index (Phi) is 6.68. The number of primary sulfonamides is 1. The van der Waals surface area contributed by atoms with E-state index < -0.39 is 28.7 Å². The van der Waals surface area contributed by atoms with Crippen LogP contribution < -0.4 is 9.88 Å². The fraction of sp³-hybridized carbons (Fsp3) is 0.136. The molecule has 0 spiro atoms. The molecule has 3 aromatic rings. The van der Waals surface area contributed by atoms with Crippen molar-refractivity contribution in [3.8, 4) is 16.9 Å². The van der Waals surface area contributed by atoms with Gasteiger partial charge in [-0.05, 0) is 41.0 Å². The summed E-state index contributed by atoms with van der Waals surface area (Å²) in [5.41, 5.74) is 1.44. The monoisotopic (exact) mass is 465 g/mol. The molecule has 10 heteroatoms. The lowest BCUT2D eigenvalue weighted by atomic mass is 9.94. The second-order valence-corrected chi connectivity index (χ2v) is 8.42. The summed E-state index contributed by atoms with van der Waals surface area (Å²) < 4.78 is 64.9. The maximum atomic E-state index is 12.7. The molecule has 3 rings (SSSR count). The van der Waals surface area contributed by atoms with Gasteiger partial charge in [-0.2, -0.15) is 0 Å². The molecule has 0 unspecified atom stereocenters. The zero-order valence-electron chi connectivity index (χ0n) is 16.5. The predicted molar refractivity (Wildman–Crippen MR) is 110 cm³/mol. The van der Waals surface area contributed by atoms with Crippen LogP contribution in [0, 0.1) is 0 Å². The van der Waals surface area contributed by atoms with Gasteiger partial charge in [-0.1, -0.05) is 42.5 Å². The minimum atomic E-state index is -4.88. The lowest BCUT2D eigenvalue weighted by molar-refractivity contribution is -0.274. The number of para-hydroxylation sites is 1. The molecular formula is C22H18F3NO5S. The number of hydrogen-bond donors (Lipinski definition) is 2. The number of nitrogens with two attached hydrogens (primary N) is 1. The fourth-order valence-corrected chi connectivity index (χ4v) is 3.66. The van der Waals surface area contributed by atoms with Crippen LogP contribution in [0.25, 0.3) is 11.1 Å². The van der Waals surface area contributed by atoms with E-state index in [4.69, 9.17) is 5.14 Å². The predicted octanol–water partition coefficient (Wildman–Crippen LogP) is 3.82. The van der Waals surface area contributed by atoms with Gasteiger partial charge in [-0.25, -0.2) is 13.6 Å². The number of aliphatic hydroxyl groups excluding tert-OH is 1. The standard InChI is InChI=1S/C22H18F3NO5S/c23-22(24,25)31-21-4-2-1-3-19(21)18-10-7-15(12-16(18)13-27)20(28)11-14-5-8-17(9-6-14)32(26,29)30/h1-10,12,27H,11,13H2,(H2,26,29,30). The summed E-state index contributed by atoms with van der Waals surface area (Å²) >= 11 is 0. The van der Waals surface area contributed by atoms with Gasteiger partial charge in [0.05, 0.1) is 11.5 Å². The zero-order chi connectivity index (χ0) is 23.5. The van der Waals surface area contributed by atoms with E-state index in [1.165, 1.54) is 60.7 Å². The molecule has 0 saturated carbocycles. The minimum absolute atomic E-state index is 0.0527. The second-order valence-electron chi connectivity index (χ2n) is 6.86. The number of benzene rings is 3. The highest BCUT2D eigenvalue weighted by Crippen LogP contribution is 2.36. The summed E-state index contributed by atoms with van der Waals surface area (Å²) in [4.78, 5) is 12.6. The van der Waals surface area contributed by atoms with Gasteiger partial charge in [0.25, 0.3) is 0 Å². The topological polar surface area (TPSA) is 107 Å². The first kappa shape index (κ1) is 23.5. The van der Waals surface area contributed by atoms with Gasteiger partial charge in [-0.3, -0.25) is 4.79 Å². The average Bonchev–Trinajstić information content (AvgIpc) is 2.72. The van der Waals surface area contributed by atoms with Crippen molar-refractivity contribution in [1.82, 2.24) is 0 Å². The molecule has 0 fully saturated rings. The van der Waals surface area contributed by atoms with Crippen molar-refractivity contribution in [3.63, 3.8) is 0 Å². The molecule has 0 heterocycles. The van der Waals surface area contributed by atoms with Crippen LogP contribution in [0.5, 0.6) is 5.75 Å². The molecule has 0 aliphatic heterocycles. The Morgan fingerprint density at radius 2 is 1.62 bits per heavy atom. The Balaban J connectivity index is 1.88. The molecule has 168 valence electrons. The van der Waals surface area contributed by atoms with Crippen molar-refractivity contribution < 1.29 is 36.2 Å². The zero-order valence-corrected chi connectivity index (χ0v) is 17.3. The number of aliphatic hydroxyl groups is 1. The lowest BCUT2D eigenvalue weighted by Crippen LogP contribution is -2.17. The van der Waals surface area contributed by atoms with Crippen LogP contribution >= 0.6 is 0 Å². The van der Waals surface area contributed by atoms with E-state index in [0.717, 1.165) is 6.07 Å². The smallest absolute Gasteiger partial charge is 0.405 e. The largest absolute Gasteiger partial charge is 0.573 e. The van der Waals surface area contributed by atoms with E-state index in [0.29, 0.717) is 11.1 Å². The molecule has 0 saturated heterocycles. The third-order valence-corrected chi connectivity index (χ3v) is 5.55. The molecule has 3 aromatic carbocycles. The molecular weight excluding hydrogens is 447 g/mol. The van der Waals surface area contributed by atoms with Crippen LogP contribution in [0.15, 0.2) is 71.6 Å². The Labute approximate surface area is 182 Å². The maximum Gasteiger partial charge on any atom is 0.573 e. The van der Waals surface area contributed by atoms with E-state index in [-0.39, 0.29) is 33.8 Å². The number of halogens is 3. The lowest BCUT2D eigenvalue weighted by Gasteiger charge is -2.16. The van der Waals surface area contributed by atoms with Gasteiger partial charge in [0.15, 0.2) is 5.78 Å². The van der Waals surface area contributed by atoms with Gasteiger partial charge in [0.2, 0.25) is 10.0 Å². The molecule has 0 radical (unpaired) electrons. The van der Waals surface area contributed by atoms with Crippen molar-refractivity contribution in [1.29, 1.82) is 0 Å². The van der Waals surface area contributed by atoms with E-state index in [1.54, 1.807) is 0 Å². The number of hydrogen-bond acceptors (Lipinski definition) is 5. The molecule has 0 aliphatic rings. The summed E-state index contributed by atoms with van der Waals surface area (Å²) in [5.74, 6) is -0.752. The summed E-state index contributed by atoms with van der Waals surface area (Å²) in [6.45, 7) is -0.514. The van der Waals surface area contributed by atoms with Crippen molar-refractivity contribution in [2.75, 3.05) is 0 Å². The highest BCUT2D eigenvalue weighted by molar-refractivity contribution is 7.89. The van der Waals surface area contributed by atoms with E-state index in [2.05, 4.69) is 4.74 Å². The number of Topliss-reactive ketones (excluding diaryl/α,β-unsaturated/α-hetero) is 1. The summed E-state index contributed by atoms with van der Waals surface area (Å²) in [6, 6.07) is 15.3. The fourth-order valence-electron chi connectivity index (χ4n) is 3.15. The van der Waals surface area contributed by atoms with Crippen molar-refractivity contribution in [2.24, 2.45) is 5.14 Å². The third-order valence-electron chi connectivity index (χ3n) is 4.62. The van der Waals surface area contributed by atoms with Crippen LogP contribution in [0.4, 0.5) is 13.2 Å². The quantitative estimate of drug-likeness (QED) is 0.516. The Morgan fingerprint density at radius 3 is 2.22 bits per heavy atom. The highest BCUT2D eigenvalue weighted by atomic mass is 32.2. The second kappa shape index (κ2) is 9.11. The van der Waals surface area contributed by atoms with Gasteiger partial charge in [0.1, 0.15) is 5.75 Å². The summed E-state index contributed by atoms with van der Waals surface area (Å²) in [6.07, 6.45) is -4.94. The first-order chi connectivity index (χ1) is 15.0. The van der Waals surface area contributed by atoms with Crippen LogP contribution in [0.2, 0.25) is 0 Å². The van der Waals surface area contributed by atoms with E-state index >= 15 is 0 Å². The Hall–Kier alpha value is -3.21. The van der Waals surface area contributed by atoms with Gasteiger partial charge in [-0.15, -0.1) is 13.2 Å². The number of carbonyl (C=O) groups excluding carboxylic acids is 1. The highest BCUT2D eigenvalue weighted by Gasteiger charge is 2.32. The normalized spacial score (nSPS) is 11.9. The van der Waals surface area contributed by atoms with E-state index in [1.807, 2.05) is 0 Å². The first-order valence-corrected chi connectivity index (χ1v) is 10.8. The Bertz CT molecular complexity index is 1240. The molecule has 0 atom stereocenters. The third kappa shape index (κ3) is 5.72.